The number of nitrogens with zero attached hydrogens (tertiary/aromatic N) is 4. The summed E-state index contributed by atoms with van der Waals surface area (Å²) < 4.78 is 159. The van der Waals surface area contributed by atoms with Crippen LogP contribution in [0.4, 0.5) is 48.3 Å². The van der Waals surface area contributed by atoms with Crippen LogP contribution in [0, 0.1) is 29.1 Å². The Morgan fingerprint density at radius 1 is 0.600 bits per heavy atom. The quantitative estimate of drug-likeness (QED) is 0.0140. The lowest BCUT2D eigenvalue weighted by Crippen LogP contribution is -2.37. The van der Waals surface area contributed by atoms with Gasteiger partial charge >= 0.3 is 18.3 Å². The fourth-order valence-electron chi connectivity index (χ4n) is 7.79. The number of aliphatic hydroxyl groups is 2. The second kappa shape index (κ2) is 35.1. The van der Waals surface area contributed by atoms with E-state index in [0.717, 1.165) is 59.5 Å². The Kier molecular flexibility index (Phi) is 31.4. The fourth-order valence-corrected chi connectivity index (χ4v) is 8.25. The first-order valence-corrected chi connectivity index (χ1v) is 26.3. The van der Waals surface area contributed by atoms with Crippen molar-refractivity contribution in [1.82, 2.24) is 24.4 Å². The first-order valence-electron chi connectivity index (χ1n) is 25.6. The van der Waals surface area contributed by atoms with Gasteiger partial charge in [0.25, 0.3) is 5.91 Å². The predicted molar refractivity (Wildman–Crippen MR) is 321 cm³/mol. The van der Waals surface area contributed by atoms with Crippen LogP contribution in [-0.2, 0) is 26.9 Å². The zero-order valence-electron chi connectivity index (χ0n) is 46.7. The number of nitrogens with two attached hydrogens (primary N) is 1. The third-order valence-corrected chi connectivity index (χ3v) is 13.0. The van der Waals surface area contributed by atoms with E-state index >= 15 is 0 Å². The third-order valence-electron chi connectivity index (χ3n) is 12.4. The molecule has 2 aromatic heterocycles. The minimum Gasteiger partial charge on any atom is -0.480 e. The fraction of sp³-hybridized carbons (Fsp3) is 0.344. The molecule has 0 aliphatic carbocycles. The van der Waals surface area contributed by atoms with Crippen molar-refractivity contribution in [2.75, 3.05) is 13.2 Å². The van der Waals surface area contributed by atoms with Crippen LogP contribution < -0.4 is 25.3 Å². The number of carbonyl (C=O) groups is 4. The Hall–Kier alpha value is -7.62. The van der Waals surface area contributed by atoms with E-state index in [0.29, 0.717) is 37.1 Å². The van der Waals surface area contributed by atoms with E-state index < -0.39 is 93.7 Å². The molecule has 5 aromatic carbocycles. The van der Waals surface area contributed by atoms with Crippen molar-refractivity contribution in [3.05, 3.63) is 170 Å². The van der Waals surface area contributed by atoms with E-state index in [9.17, 15) is 72.6 Å². The van der Waals surface area contributed by atoms with E-state index in [4.69, 9.17) is 38.8 Å². The summed E-state index contributed by atoms with van der Waals surface area (Å²) in [6.45, 7) is 4.48. The predicted octanol–water partition coefficient (Wildman–Crippen LogP) is 14.5. The van der Waals surface area contributed by atoms with Gasteiger partial charge < -0.3 is 44.6 Å². The number of hydrogen-bond acceptors (Lipinski definition) is 12. The molecule has 494 valence electrons. The number of rotatable bonds is 20. The van der Waals surface area contributed by atoms with Gasteiger partial charge in [0.1, 0.15) is 11.5 Å². The summed E-state index contributed by atoms with van der Waals surface area (Å²) in [6, 6.07) is 21.2. The number of ether oxygens (including phenoxy) is 3. The minimum atomic E-state index is -4.70. The van der Waals surface area contributed by atoms with Gasteiger partial charge in [0.15, 0.2) is 35.4 Å². The molecule has 4 atom stereocenters. The maximum absolute atomic E-state index is 13.5. The highest BCUT2D eigenvalue weighted by Gasteiger charge is 2.39. The number of aromatic nitrogens is 4. The van der Waals surface area contributed by atoms with E-state index in [1.165, 1.54) is 32.0 Å². The smallest absolute Gasteiger partial charge is 0.425 e. The van der Waals surface area contributed by atoms with Gasteiger partial charge in [0.2, 0.25) is 34.8 Å². The Morgan fingerprint density at radius 2 is 0.978 bits per heavy atom. The van der Waals surface area contributed by atoms with Crippen LogP contribution in [-0.4, -0.2) is 103 Å². The molecule has 0 saturated heterocycles. The molecule has 29 heteroatoms. The summed E-state index contributed by atoms with van der Waals surface area (Å²) in [5.41, 5.74) is 10.8. The first kappa shape index (κ1) is 80.4. The van der Waals surface area contributed by atoms with Gasteiger partial charge in [-0.05, 0) is 87.1 Å². The summed E-state index contributed by atoms with van der Waals surface area (Å²) in [4.78, 5) is 56.5. The molecule has 15 nitrogen and oxygen atoms in total. The molecule has 5 N–H and O–H groups in total. The Balaban J connectivity index is 0.000000685. The van der Waals surface area contributed by atoms with Gasteiger partial charge in [-0.3, -0.25) is 14.4 Å². The van der Waals surface area contributed by atoms with Gasteiger partial charge in [0.05, 0.1) is 27.0 Å². The normalized spacial score (nSPS) is 12.2. The average molecular weight is 1340 g/mol. The number of carbonyl (C=O) groups excluding carboxylic acids is 4. The second-order valence-corrected chi connectivity index (χ2v) is 20.0. The largest absolute Gasteiger partial charge is 0.480 e. The molecule has 0 saturated carbocycles. The topological polar surface area (TPSA) is 210 Å². The molecule has 7 aromatic rings. The molecule has 1 amide bonds. The SMILES string of the molecule is C.C.C.CC(=O)c1nc(-c2ccc(C[C@@H](CCO)NC(=O)c3ccc(O[C@H](C)C(F)(F)F)c(Cl)c3)cc2)cn1C.CC(=O)c1nc(-c2ccc(C[C@H](N)CCO)cc2)cn1C.C[C@@H](Oc1ccc(C(=O)Oc2c(F)c(F)c(F)c(F)c2F)cc1Cl)C(F)(F)F.Cl. The van der Waals surface area contributed by atoms with Crippen LogP contribution in [0.2, 0.25) is 10.0 Å². The van der Waals surface area contributed by atoms with Crippen LogP contribution in [0.3, 0.4) is 0 Å². The Morgan fingerprint density at radius 3 is 1.34 bits per heavy atom. The molecule has 7 rings (SSSR count). The van der Waals surface area contributed by atoms with Crippen LogP contribution in [0.1, 0.15) is 116 Å². The highest BCUT2D eigenvalue weighted by Crippen LogP contribution is 2.34. The van der Waals surface area contributed by atoms with Gasteiger partial charge in [-0.2, -0.15) is 35.1 Å². The summed E-state index contributed by atoms with van der Waals surface area (Å²) >= 11 is 11.7. The number of hydrogen-bond donors (Lipinski definition) is 4. The number of Topliss-reactive ketones (excluding diaryl/α,β-unsaturated/α-hetero) is 2. The van der Waals surface area contributed by atoms with Gasteiger partial charge in [-0.1, -0.05) is 94.0 Å². The monoisotopic (exact) mass is 1340 g/mol. The van der Waals surface area contributed by atoms with E-state index in [-0.39, 0.29) is 88.3 Å². The van der Waals surface area contributed by atoms with Gasteiger partial charge in [0, 0.05) is 82.3 Å². The molecule has 0 aliphatic heterocycles. The van der Waals surface area contributed by atoms with Crippen molar-refractivity contribution in [2.45, 2.75) is 112 Å². The summed E-state index contributed by atoms with van der Waals surface area (Å²) in [6.07, 6.45) is -7.88. The highest BCUT2D eigenvalue weighted by molar-refractivity contribution is 6.32. The van der Waals surface area contributed by atoms with Crippen molar-refractivity contribution in [3.63, 3.8) is 0 Å². The van der Waals surface area contributed by atoms with Crippen molar-refractivity contribution < 1.29 is 91.9 Å². The molecule has 0 unspecified atom stereocenters. The van der Waals surface area contributed by atoms with Gasteiger partial charge in [-0.25, -0.2) is 27.9 Å². The van der Waals surface area contributed by atoms with Crippen LogP contribution in [0.25, 0.3) is 22.5 Å². The van der Waals surface area contributed by atoms with Crippen LogP contribution >= 0.6 is 35.6 Å². The van der Waals surface area contributed by atoms with E-state index in [2.05, 4.69) is 24.8 Å². The number of benzene rings is 5. The first-order chi connectivity index (χ1) is 40.2. The zero-order chi connectivity index (χ0) is 64.1. The number of nitrogens with one attached hydrogen (secondary N) is 1. The number of ketones is 2. The highest BCUT2D eigenvalue weighted by atomic mass is 35.5. The van der Waals surface area contributed by atoms with Crippen LogP contribution in [0.5, 0.6) is 17.2 Å². The lowest BCUT2D eigenvalue weighted by molar-refractivity contribution is -0.189. The number of imidazole rings is 2. The molecule has 0 radical (unpaired) electrons. The summed E-state index contributed by atoms with van der Waals surface area (Å²) in [7, 11) is 3.57. The van der Waals surface area contributed by atoms with Gasteiger partial charge in [-0.15, -0.1) is 12.4 Å². The lowest BCUT2D eigenvalue weighted by atomic mass is 10.0. The van der Waals surface area contributed by atoms with E-state index in [1.54, 1.807) is 22.4 Å². The minimum absolute atomic E-state index is 0. The number of aliphatic hydroxyl groups excluding tert-OH is 2. The molecule has 0 bridgehead atoms. The summed E-state index contributed by atoms with van der Waals surface area (Å²) in [5.74, 6) is -15.8. The van der Waals surface area contributed by atoms with Crippen molar-refractivity contribution in [3.8, 4) is 39.8 Å². The van der Waals surface area contributed by atoms with Crippen LogP contribution in [0.15, 0.2) is 97.3 Å². The van der Waals surface area contributed by atoms with E-state index in [1.807, 2.05) is 61.8 Å². The molecule has 0 aliphatic rings. The maximum Gasteiger partial charge on any atom is 0.425 e. The summed E-state index contributed by atoms with van der Waals surface area (Å²) in [5, 5.41) is 20.5. The zero-order valence-corrected chi connectivity index (χ0v) is 49.1. The number of alkyl halides is 6. The molecule has 2 heterocycles. The molecule has 90 heavy (non-hydrogen) atoms. The number of esters is 1. The Labute approximate surface area is 528 Å². The van der Waals surface area contributed by atoms with Crippen molar-refractivity contribution in [2.24, 2.45) is 19.8 Å². The molecule has 0 spiro atoms. The third kappa shape index (κ3) is 21.8. The molecular formula is C61H68Cl3F11N6O9. The molecular weight excluding hydrogens is 1280 g/mol. The Bertz CT molecular complexity index is 3500. The van der Waals surface area contributed by atoms with Crippen molar-refractivity contribution >= 4 is 59.1 Å². The molecule has 0 fully saturated rings. The number of halogens is 14. The average Bonchev–Trinajstić information content (AvgIpc) is 2.36. The number of amides is 1. The lowest BCUT2D eigenvalue weighted by Gasteiger charge is -2.20. The van der Waals surface area contributed by atoms with Crippen molar-refractivity contribution in [1.29, 1.82) is 0 Å². The second-order valence-electron chi connectivity index (χ2n) is 19.2. The standard InChI is InChI=1S/C26H27ClF3N3O4.C16H7ClF8O3.C16H21N3O2.3CH4.ClH/c1-15(35)24-32-22(14-33(24)3)18-6-4-17(5-7-18)12-20(10-11-34)31-25(36)19-8-9-23(21(27)13-19)37-16(2)26(28,29)30;1-5(16(23,24)25)27-8-3-2-6(4-7(8)17)15(26)28-14-12(21)10(19)9(18)11(20)13(14)22;1-11(21)16-18-15(10-19(16)2)13-5-3-12(4-6-13)9-14(17)7-8-20;;;;/h4-9,13-14,16,20,34H,10-12H2,1-3H3,(H,31,36);2-5H,1H3;3-6,10,14,20H,7-9,17H2,1-2H3;3*1H4;1H/t16-,20-;5-;14-;;;;/m111..../s1. The number of aryl methyl sites for hydroxylation is 2. The maximum atomic E-state index is 13.5.